The lowest BCUT2D eigenvalue weighted by Crippen LogP contribution is -2.34. The summed E-state index contributed by atoms with van der Waals surface area (Å²) in [6.45, 7) is 1.66. The first-order chi connectivity index (χ1) is 12.6. The highest BCUT2D eigenvalue weighted by Crippen LogP contribution is 2.31. The van der Waals surface area contributed by atoms with Gasteiger partial charge in [-0.15, -0.1) is 0 Å². The molecule has 0 fully saturated rings. The van der Waals surface area contributed by atoms with Crippen molar-refractivity contribution in [3.63, 3.8) is 0 Å². The molecule has 3 rings (SSSR count). The highest BCUT2D eigenvalue weighted by Gasteiger charge is 2.31. The number of alkyl halides is 3. The fraction of sp³-hybridized carbons (Fsp3) is 0.294. The fourth-order valence-electron chi connectivity index (χ4n) is 2.62. The van der Waals surface area contributed by atoms with E-state index in [1.165, 1.54) is 29.9 Å². The Morgan fingerprint density at radius 2 is 1.96 bits per heavy atom. The van der Waals surface area contributed by atoms with E-state index in [1.54, 1.807) is 6.92 Å². The van der Waals surface area contributed by atoms with Crippen LogP contribution in [0.2, 0.25) is 0 Å². The van der Waals surface area contributed by atoms with Gasteiger partial charge in [-0.05, 0) is 25.1 Å². The van der Waals surface area contributed by atoms with Crippen molar-refractivity contribution in [2.45, 2.75) is 25.9 Å². The quantitative estimate of drug-likeness (QED) is 0.891. The van der Waals surface area contributed by atoms with Crippen LogP contribution in [0.3, 0.4) is 0 Å². The van der Waals surface area contributed by atoms with Gasteiger partial charge in [-0.2, -0.15) is 23.4 Å². The molecular weight excluding hydrogens is 363 g/mol. The van der Waals surface area contributed by atoms with Crippen LogP contribution >= 0.6 is 0 Å². The number of benzene rings is 1. The maximum atomic E-state index is 13.0. The van der Waals surface area contributed by atoms with Crippen molar-refractivity contribution in [3.05, 3.63) is 41.6 Å². The van der Waals surface area contributed by atoms with Gasteiger partial charge in [0.2, 0.25) is 5.91 Å². The number of hydrogen-bond donors (Lipinski definition) is 1. The molecule has 0 aliphatic carbocycles. The molecule has 1 aromatic heterocycles. The monoisotopic (exact) mass is 379 g/mol. The fourth-order valence-corrected chi connectivity index (χ4v) is 2.62. The predicted molar refractivity (Wildman–Crippen MR) is 91.4 cm³/mol. The molecule has 142 valence electrons. The summed E-state index contributed by atoms with van der Waals surface area (Å²) in [5, 5.41) is 11.8. The van der Waals surface area contributed by atoms with E-state index in [9.17, 15) is 22.8 Å². The van der Waals surface area contributed by atoms with E-state index in [0.29, 0.717) is 5.69 Å². The molecule has 1 aromatic carbocycles. The second-order valence-electron chi connectivity index (χ2n) is 6.05. The number of aromatic nitrogens is 2. The Kier molecular flexibility index (Phi) is 4.73. The van der Waals surface area contributed by atoms with Gasteiger partial charge in [0.25, 0.3) is 5.91 Å². The molecule has 7 nitrogen and oxygen atoms in total. The number of anilines is 1. The summed E-state index contributed by atoms with van der Waals surface area (Å²) in [4.78, 5) is 23.9. The molecule has 1 aliphatic heterocycles. The van der Waals surface area contributed by atoms with Gasteiger partial charge in [0.05, 0.1) is 16.9 Å². The molecule has 2 aromatic rings. The van der Waals surface area contributed by atoms with E-state index in [0.717, 1.165) is 17.1 Å². The molecular formula is C17H16F3N5O2. The van der Waals surface area contributed by atoms with Crippen molar-refractivity contribution >= 4 is 23.3 Å². The van der Waals surface area contributed by atoms with Gasteiger partial charge in [0.15, 0.2) is 0 Å². The van der Waals surface area contributed by atoms with Gasteiger partial charge >= 0.3 is 6.18 Å². The summed E-state index contributed by atoms with van der Waals surface area (Å²) >= 11 is 0. The summed E-state index contributed by atoms with van der Waals surface area (Å²) in [6.07, 6.45) is -4.14. The Morgan fingerprint density at radius 3 is 2.63 bits per heavy atom. The molecule has 0 saturated heterocycles. The summed E-state index contributed by atoms with van der Waals surface area (Å²) in [6, 6.07) is 6.18. The van der Waals surface area contributed by atoms with Gasteiger partial charge in [0.1, 0.15) is 11.5 Å². The Bertz CT molecular complexity index is 933. The molecule has 1 aliphatic rings. The SMILES string of the molecule is Cc1cc(NC(=O)C2=NN(C)C(=O)CC2)n(-c2cccc(C(F)(F)F)c2)n1. The number of carbonyl (C=O) groups excluding carboxylic acids is 2. The Labute approximate surface area is 152 Å². The van der Waals surface area contributed by atoms with Gasteiger partial charge in [-0.1, -0.05) is 6.07 Å². The van der Waals surface area contributed by atoms with Crippen molar-refractivity contribution in [2.75, 3.05) is 12.4 Å². The van der Waals surface area contributed by atoms with Crippen LogP contribution in [0.15, 0.2) is 35.4 Å². The summed E-state index contributed by atoms with van der Waals surface area (Å²) < 4.78 is 40.1. The first-order valence-electron chi connectivity index (χ1n) is 8.05. The number of rotatable bonds is 3. The minimum Gasteiger partial charge on any atom is -0.305 e. The van der Waals surface area contributed by atoms with E-state index in [-0.39, 0.29) is 36.0 Å². The topological polar surface area (TPSA) is 79.6 Å². The zero-order valence-corrected chi connectivity index (χ0v) is 14.5. The van der Waals surface area contributed by atoms with Crippen molar-refractivity contribution < 1.29 is 22.8 Å². The van der Waals surface area contributed by atoms with Crippen LogP contribution in [0, 0.1) is 6.92 Å². The lowest BCUT2D eigenvalue weighted by Gasteiger charge is -2.19. The van der Waals surface area contributed by atoms with Crippen LogP contribution in [0.1, 0.15) is 24.1 Å². The number of carbonyl (C=O) groups is 2. The predicted octanol–water partition coefficient (Wildman–Crippen LogP) is 2.75. The number of hydrogen-bond acceptors (Lipinski definition) is 4. The average molecular weight is 379 g/mol. The summed E-state index contributed by atoms with van der Waals surface area (Å²) in [7, 11) is 1.45. The van der Waals surface area contributed by atoms with E-state index in [1.807, 2.05) is 0 Å². The van der Waals surface area contributed by atoms with Crippen molar-refractivity contribution in [1.82, 2.24) is 14.8 Å². The number of halogens is 3. The van der Waals surface area contributed by atoms with Gasteiger partial charge in [-0.3, -0.25) is 9.59 Å². The molecule has 0 bridgehead atoms. The first-order valence-corrected chi connectivity index (χ1v) is 8.05. The van der Waals surface area contributed by atoms with E-state index in [2.05, 4.69) is 15.5 Å². The molecule has 10 heteroatoms. The number of nitrogens with zero attached hydrogens (tertiary/aromatic N) is 4. The minimum atomic E-state index is -4.49. The maximum absolute atomic E-state index is 13.0. The molecule has 0 atom stereocenters. The van der Waals surface area contributed by atoms with Crippen LogP contribution in [-0.4, -0.2) is 39.4 Å². The highest BCUT2D eigenvalue weighted by molar-refractivity contribution is 6.43. The lowest BCUT2D eigenvalue weighted by atomic mass is 10.1. The van der Waals surface area contributed by atoms with Crippen LogP contribution < -0.4 is 5.32 Å². The summed E-state index contributed by atoms with van der Waals surface area (Å²) in [5.74, 6) is -0.530. The third-order valence-corrected chi connectivity index (χ3v) is 3.96. The molecule has 2 heterocycles. The van der Waals surface area contributed by atoms with Gasteiger partial charge < -0.3 is 5.32 Å². The Morgan fingerprint density at radius 1 is 1.22 bits per heavy atom. The normalized spacial score (nSPS) is 14.9. The Balaban J connectivity index is 1.90. The third-order valence-electron chi connectivity index (χ3n) is 3.96. The number of hydrazone groups is 1. The third kappa shape index (κ3) is 3.99. The van der Waals surface area contributed by atoms with Crippen LogP contribution in [-0.2, 0) is 15.8 Å². The molecule has 27 heavy (non-hydrogen) atoms. The van der Waals surface area contributed by atoms with Crippen LogP contribution in [0.4, 0.5) is 19.0 Å². The molecule has 0 spiro atoms. The van der Waals surface area contributed by atoms with Crippen molar-refractivity contribution in [2.24, 2.45) is 5.10 Å². The number of amides is 2. The molecule has 2 amide bonds. The van der Waals surface area contributed by atoms with E-state index >= 15 is 0 Å². The van der Waals surface area contributed by atoms with Gasteiger partial charge in [-0.25, -0.2) is 9.69 Å². The zero-order valence-electron chi connectivity index (χ0n) is 14.5. The largest absolute Gasteiger partial charge is 0.416 e. The molecule has 0 unspecified atom stereocenters. The molecule has 0 saturated carbocycles. The van der Waals surface area contributed by atoms with E-state index in [4.69, 9.17) is 0 Å². The standard InChI is InChI=1S/C17H16F3N5O2/c1-10-8-14(21-16(27)13-6-7-15(26)24(2)23-13)25(22-10)12-5-3-4-11(9-12)17(18,19)20/h3-5,8-9H,6-7H2,1-2H3,(H,21,27). The Hall–Kier alpha value is -3.17. The number of aryl methyl sites for hydroxylation is 1. The maximum Gasteiger partial charge on any atom is 0.416 e. The first kappa shape index (κ1) is 18.6. The second kappa shape index (κ2) is 6.86. The zero-order chi connectivity index (χ0) is 19.8. The number of nitrogens with one attached hydrogen (secondary N) is 1. The summed E-state index contributed by atoms with van der Waals surface area (Å²) in [5.41, 5.74) is 0.0143. The van der Waals surface area contributed by atoms with Crippen molar-refractivity contribution in [1.29, 1.82) is 0 Å². The lowest BCUT2D eigenvalue weighted by molar-refractivity contribution is -0.137. The second-order valence-corrected chi connectivity index (χ2v) is 6.05. The van der Waals surface area contributed by atoms with Crippen LogP contribution in [0.25, 0.3) is 5.69 Å². The smallest absolute Gasteiger partial charge is 0.305 e. The average Bonchev–Trinajstić information content (AvgIpc) is 2.97. The van der Waals surface area contributed by atoms with Crippen LogP contribution in [0.5, 0.6) is 0 Å². The molecule has 1 N–H and O–H groups in total. The van der Waals surface area contributed by atoms with Crippen molar-refractivity contribution in [3.8, 4) is 5.69 Å². The minimum absolute atomic E-state index is 0.158. The highest BCUT2D eigenvalue weighted by atomic mass is 19.4. The molecule has 0 radical (unpaired) electrons. The van der Waals surface area contributed by atoms with E-state index < -0.39 is 17.6 Å². The van der Waals surface area contributed by atoms with Gasteiger partial charge in [0, 0.05) is 26.0 Å².